The van der Waals surface area contributed by atoms with Gasteiger partial charge in [0.15, 0.2) is 0 Å². The summed E-state index contributed by atoms with van der Waals surface area (Å²) < 4.78 is 0. The van der Waals surface area contributed by atoms with E-state index in [2.05, 4.69) is 21.4 Å². The topological polar surface area (TPSA) is 26.0 Å². The molecule has 0 spiro atoms. The average Bonchev–Trinajstić information content (AvgIpc) is 2.20. The second-order valence-electron chi connectivity index (χ2n) is 3.17. The zero-order valence-corrected chi connectivity index (χ0v) is 8.93. The van der Waals surface area contributed by atoms with Gasteiger partial charge >= 0.3 is 0 Å². The molecule has 0 saturated heterocycles. The van der Waals surface area contributed by atoms with Crippen LogP contribution >= 0.6 is 9.24 Å². The maximum Gasteiger partial charge on any atom is 0.0393 e. The zero-order chi connectivity index (χ0) is 9.97. The minimum absolute atomic E-state index is 0.822. The second kappa shape index (κ2) is 3.81. The Morgan fingerprint density at radius 2 is 1.36 bits per heavy atom. The number of nitrogen functional groups attached to an aromatic ring is 1. The van der Waals surface area contributed by atoms with Gasteiger partial charge in [-0.3, -0.25) is 0 Å². The van der Waals surface area contributed by atoms with Gasteiger partial charge in [0.1, 0.15) is 0 Å². The normalized spacial score (nSPS) is 10.1. The van der Waals surface area contributed by atoms with E-state index in [9.17, 15) is 0 Å². The van der Waals surface area contributed by atoms with Crippen LogP contribution in [0.2, 0.25) is 0 Å². The van der Waals surface area contributed by atoms with Gasteiger partial charge in [0.05, 0.1) is 0 Å². The van der Waals surface area contributed by atoms with Gasteiger partial charge in [-0.05, 0) is 16.9 Å². The Labute approximate surface area is 86.2 Å². The Morgan fingerprint density at radius 3 is 2.00 bits per heavy atom. The largest absolute Gasteiger partial charge is 0.398 e. The highest BCUT2D eigenvalue weighted by molar-refractivity contribution is 7.28. The average molecular weight is 201 g/mol. The van der Waals surface area contributed by atoms with Gasteiger partial charge in [-0.25, -0.2) is 0 Å². The molecule has 0 aliphatic heterocycles. The standard InChI is InChI=1S/C12H12NP/c13-11-7-3-1-5-9(11)10-6-2-4-8-12(10)14/h1-8H,13-14H2. The van der Waals surface area contributed by atoms with Crippen molar-refractivity contribution in [3.63, 3.8) is 0 Å². The lowest BCUT2D eigenvalue weighted by atomic mass is 10.0. The highest BCUT2D eigenvalue weighted by Gasteiger charge is 2.03. The van der Waals surface area contributed by atoms with Crippen LogP contribution in [0.15, 0.2) is 48.5 Å². The van der Waals surface area contributed by atoms with E-state index in [-0.39, 0.29) is 0 Å². The van der Waals surface area contributed by atoms with Gasteiger partial charge in [-0.15, -0.1) is 9.24 Å². The summed E-state index contributed by atoms with van der Waals surface area (Å²) in [6.45, 7) is 0. The molecule has 0 aliphatic rings. The third-order valence-corrected chi connectivity index (χ3v) is 2.72. The molecular formula is C12H12NP. The van der Waals surface area contributed by atoms with Crippen molar-refractivity contribution in [2.75, 3.05) is 5.73 Å². The van der Waals surface area contributed by atoms with Crippen molar-refractivity contribution >= 4 is 20.2 Å². The van der Waals surface area contributed by atoms with Crippen molar-refractivity contribution in [1.82, 2.24) is 0 Å². The van der Waals surface area contributed by atoms with E-state index in [0.717, 1.165) is 11.3 Å². The monoisotopic (exact) mass is 201 g/mol. The minimum Gasteiger partial charge on any atom is -0.398 e. The van der Waals surface area contributed by atoms with Crippen LogP contribution in [0.3, 0.4) is 0 Å². The van der Waals surface area contributed by atoms with Crippen LogP contribution < -0.4 is 11.0 Å². The highest BCUT2D eigenvalue weighted by Crippen LogP contribution is 2.24. The lowest BCUT2D eigenvalue weighted by Crippen LogP contribution is -1.98. The number of hydrogen-bond donors (Lipinski definition) is 1. The number of rotatable bonds is 1. The molecule has 0 heterocycles. The molecule has 2 N–H and O–H groups in total. The van der Waals surface area contributed by atoms with E-state index >= 15 is 0 Å². The quantitative estimate of drug-likeness (QED) is 0.556. The Bertz CT molecular complexity index is 408. The van der Waals surface area contributed by atoms with Crippen molar-refractivity contribution in [3.05, 3.63) is 48.5 Å². The first-order chi connectivity index (χ1) is 6.79. The molecule has 1 unspecified atom stereocenters. The van der Waals surface area contributed by atoms with E-state index in [0.29, 0.717) is 0 Å². The number of hydrogen-bond acceptors (Lipinski definition) is 1. The van der Waals surface area contributed by atoms with Gasteiger partial charge in [0, 0.05) is 11.3 Å². The predicted molar refractivity (Wildman–Crippen MR) is 65.6 cm³/mol. The molecule has 1 atom stereocenters. The Hall–Kier alpha value is -1.33. The molecule has 0 aliphatic carbocycles. The van der Waals surface area contributed by atoms with E-state index in [1.165, 1.54) is 10.9 Å². The fourth-order valence-corrected chi connectivity index (χ4v) is 1.85. The molecular weight excluding hydrogens is 189 g/mol. The first kappa shape index (κ1) is 9.23. The first-order valence-electron chi connectivity index (χ1n) is 4.48. The molecule has 2 aromatic carbocycles. The lowest BCUT2D eigenvalue weighted by molar-refractivity contribution is 1.64. The Morgan fingerprint density at radius 1 is 0.786 bits per heavy atom. The van der Waals surface area contributed by atoms with Gasteiger partial charge in [0.2, 0.25) is 0 Å². The molecule has 2 aromatic rings. The molecule has 2 rings (SSSR count). The third kappa shape index (κ3) is 1.64. The molecule has 0 saturated carbocycles. The lowest BCUT2D eigenvalue weighted by Gasteiger charge is -2.07. The summed E-state index contributed by atoms with van der Waals surface area (Å²) in [5, 5.41) is 1.17. The van der Waals surface area contributed by atoms with Gasteiger partial charge < -0.3 is 5.73 Å². The van der Waals surface area contributed by atoms with E-state index in [1.807, 2.05) is 36.4 Å². The van der Waals surface area contributed by atoms with E-state index in [4.69, 9.17) is 5.73 Å². The van der Waals surface area contributed by atoms with E-state index in [1.54, 1.807) is 0 Å². The van der Waals surface area contributed by atoms with Crippen LogP contribution in [0.4, 0.5) is 5.69 Å². The zero-order valence-electron chi connectivity index (χ0n) is 7.77. The summed E-state index contributed by atoms with van der Waals surface area (Å²) in [6, 6.07) is 16.1. The second-order valence-corrected chi connectivity index (χ2v) is 3.80. The molecule has 0 bridgehead atoms. The number of anilines is 1. The number of benzene rings is 2. The molecule has 1 nitrogen and oxygen atoms in total. The van der Waals surface area contributed by atoms with Gasteiger partial charge in [-0.1, -0.05) is 42.5 Å². The summed E-state index contributed by atoms with van der Waals surface area (Å²) in [5.74, 6) is 0. The molecule has 14 heavy (non-hydrogen) atoms. The maximum atomic E-state index is 5.91. The fourth-order valence-electron chi connectivity index (χ4n) is 1.48. The molecule has 2 heteroatoms. The fraction of sp³-hybridized carbons (Fsp3) is 0. The predicted octanol–water partition coefficient (Wildman–Crippen LogP) is 2.44. The van der Waals surface area contributed by atoms with Crippen molar-refractivity contribution < 1.29 is 0 Å². The summed E-state index contributed by atoms with van der Waals surface area (Å²) >= 11 is 0. The summed E-state index contributed by atoms with van der Waals surface area (Å²) in [4.78, 5) is 0. The van der Waals surface area contributed by atoms with Crippen molar-refractivity contribution in [2.45, 2.75) is 0 Å². The van der Waals surface area contributed by atoms with Crippen molar-refractivity contribution in [3.8, 4) is 11.1 Å². The molecule has 70 valence electrons. The van der Waals surface area contributed by atoms with Crippen LogP contribution in [0.5, 0.6) is 0 Å². The summed E-state index contributed by atoms with van der Waals surface area (Å²) in [5.41, 5.74) is 9.01. The summed E-state index contributed by atoms with van der Waals surface area (Å²) in [6.07, 6.45) is 0. The van der Waals surface area contributed by atoms with Crippen LogP contribution in [-0.2, 0) is 0 Å². The Kier molecular flexibility index (Phi) is 2.51. The van der Waals surface area contributed by atoms with E-state index < -0.39 is 0 Å². The van der Waals surface area contributed by atoms with Gasteiger partial charge in [0.25, 0.3) is 0 Å². The first-order valence-corrected chi connectivity index (χ1v) is 5.06. The highest BCUT2D eigenvalue weighted by atomic mass is 31.0. The summed E-state index contributed by atoms with van der Waals surface area (Å²) in [7, 11) is 2.73. The molecule has 0 aromatic heterocycles. The molecule has 0 amide bonds. The number of para-hydroxylation sites is 1. The van der Waals surface area contributed by atoms with Crippen molar-refractivity contribution in [1.29, 1.82) is 0 Å². The van der Waals surface area contributed by atoms with Crippen molar-refractivity contribution in [2.24, 2.45) is 0 Å². The third-order valence-electron chi connectivity index (χ3n) is 2.21. The molecule has 0 fully saturated rings. The Balaban J connectivity index is 2.61. The van der Waals surface area contributed by atoms with Crippen LogP contribution in [-0.4, -0.2) is 0 Å². The minimum atomic E-state index is 0.822. The van der Waals surface area contributed by atoms with Crippen LogP contribution in [0, 0.1) is 0 Å². The number of nitrogens with two attached hydrogens (primary N) is 1. The molecule has 0 radical (unpaired) electrons. The maximum absolute atomic E-state index is 5.91. The van der Waals surface area contributed by atoms with Crippen LogP contribution in [0.1, 0.15) is 0 Å². The van der Waals surface area contributed by atoms with Gasteiger partial charge in [-0.2, -0.15) is 0 Å². The van der Waals surface area contributed by atoms with Crippen LogP contribution in [0.25, 0.3) is 11.1 Å². The smallest absolute Gasteiger partial charge is 0.0393 e. The SMILES string of the molecule is Nc1ccccc1-c1ccccc1P.